The maximum absolute atomic E-state index is 14.0. The second-order valence-electron chi connectivity index (χ2n) is 8.83. The number of piperazine rings is 1. The van der Waals surface area contributed by atoms with Crippen molar-refractivity contribution in [1.82, 2.24) is 4.90 Å². The molecule has 2 aliphatic heterocycles. The highest BCUT2D eigenvalue weighted by Gasteiger charge is 2.28. The van der Waals surface area contributed by atoms with Gasteiger partial charge < -0.3 is 9.80 Å². The molecule has 2 aliphatic rings. The van der Waals surface area contributed by atoms with E-state index in [0.717, 1.165) is 79.8 Å². The predicted octanol–water partition coefficient (Wildman–Crippen LogP) is 5.74. The van der Waals surface area contributed by atoms with E-state index in [1.54, 1.807) is 6.07 Å². The van der Waals surface area contributed by atoms with E-state index in [1.165, 1.54) is 18.9 Å². The van der Waals surface area contributed by atoms with Crippen LogP contribution in [-0.4, -0.2) is 50.1 Å². The molecule has 0 atom stereocenters. The van der Waals surface area contributed by atoms with Crippen LogP contribution in [0, 0.1) is 5.82 Å². The van der Waals surface area contributed by atoms with Crippen LogP contribution in [0.4, 0.5) is 15.8 Å². The van der Waals surface area contributed by atoms with Gasteiger partial charge in [0.1, 0.15) is 5.82 Å². The summed E-state index contributed by atoms with van der Waals surface area (Å²) < 4.78 is 14.0. The van der Waals surface area contributed by atoms with Crippen LogP contribution in [0.25, 0.3) is 10.8 Å². The highest BCUT2D eigenvalue weighted by Crippen LogP contribution is 2.37. The summed E-state index contributed by atoms with van der Waals surface area (Å²) in [5.41, 5.74) is 2.63. The molecule has 2 heterocycles. The molecule has 0 radical (unpaired) electrons. The van der Waals surface area contributed by atoms with E-state index in [0.29, 0.717) is 0 Å². The second kappa shape index (κ2) is 10.5. The number of anilines is 2. The molecule has 0 saturated carbocycles. The van der Waals surface area contributed by atoms with Gasteiger partial charge in [0.05, 0.1) is 11.4 Å². The maximum Gasteiger partial charge on any atom is 0.258 e. The van der Waals surface area contributed by atoms with E-state index >= 15 is 0 Å². The summed E-state index contributed by atoms with van der Waals surface area (Å²) in [5.74, 6) is 0.0151. The largest absolute Gasteiger partial charge is 0.367 e. The van der Waals surface area contributed by atoms with Crippen LogP contribution >= 0.6 is 12.4 Å². The van der Waals surface area contributed by atoms with Crippen LogP contribution in [0.2, 0.25) is 0 Å². The molecule has 174 valence electrons. The van der Waals surface area contributed by atoms with E-state index < -0.39 is 0 Å². The number of rotatable bonds is 8. The lowest BCUT2D eigenvalue weighted by Crippen LogP contribution is -2.46. The Balaban J connectivity index is 0.00000259. The normalized spacial score (nSPS) is 15.8. The third kappa shape index (κ3) is 4.85. The molecule has 3 aromatic rings. The van der Waals surface area contributed by atoms with Crippen molar-refractivity contribution in [2.75, 3.05) is 49.1 Å². The number of unbranched alkanes of at least 4 members (excludes halogenated alkanes) is 3. The molecule has 1 fully saturated rings. The highest BCUT2D eigenvalue weighted by molar-refractivity contribution is 6.24. The summed E-state index contributed by atoms with van der Waals surface area (Å²) >= 11 is 0. The average molecular weight is 468 g/mol. The summed E-state index contributed by atoms with van der Waals surface area (Å²) in [7, 11) is 0. The van der Waals surface area contributed by atoms with Crippen LogP contribution in [0.1, 0.15) is 36.0 Å². The van der Waals surface area contributed by atoms with Crippen LogP contribution in [0.15, 0.2) is 60.7 Å². The molecule has 4 nitrogen and oxygen atoms in total. The van der Waals surface area contributed by atoms with Gasteiger partial charge in [-0.3, -0.25) is 9.69 Å². The summed E-state index contributed by atoms with van der Waals surface area (Å²) in [4.78, 5) is 19.4. The maximum atomic E-state index is 14.0. The van der Waals surface area contributed by atoms with Crippen molar-refractivity contribution in [1.29, 1.82) is 0 Å². The smallest absolute Gasteiger partial charge is 0.258 e. The van der Waals surface area contributed by atoms with E-state index in [2.05, 4.69) is 28.0 Å². The number of hydrogen-bond acceptors (Lipinski definition) is 3. The lowest BCUT2D eigenvalue weighted by atomic mass is 10.1. The minimum absolute atomic E-state index is 0. The van der Waals surface area contributed by atoms with Gasteiger partial charge in [0, 0.05) is 43.7 Å². The fraction of sp³-hybridized carbons (Fsp3) is 0.370. The molecule has 0 aliphatic carbocycles. The van der Waals surface area contributed by atoms with E-state index in [-0.39, 0.29) is 24.1 Å². The van der Waals surface area contributed by atoms with Gasteiger partial charge in [-0.25, -0.2) is 4.39 Å². The number of hydrogen-bond donors (Lipinski definition) is 0. The minimum Gasteiger partial charge on any atom is -0.367 e. The van der Waals surface area contributed by atoms with Gasteiger partial charge in [0.15, 0.2) is 0 Å². The van der Waals surface area contributed by atoms with Crippen molar-refractivity contribution < 1.29 is 9.18 Å². The monoisotopic (exact) mass is 467 g/mol. The molecule has 0 aromatic heterocycles. The average Bonchev–Trinajstić information content (AvgIpc) is 3.10. The number of benzene rings is 3. The summed E-state index contributed by atoms with van der Waals surface area (Å²) in [6.07, 6.45) is 4.50. The number of carbonyl (C=O) groups is 1. The second-order valence-corrected chi connectivity index (χ2v) is 8.83. The van der Waals surface area contributed by atoms with E-state index in [9.17, 15) is 9.18 Å². The molecular weight excluding hydrogens is 437 g/mol. The number of nitrogens with zero attached hydrogens (tertiary/aromatic N) is 3. The van der Waals surface area contributed by atoms with Gasteiger partial charge in [0.2, 0.25) is 0 Å². The van der Waals surface area contributed by atoms with Crippen molar-refractivity contribution in [3.05, 3.63) is 72.0 Å². The van der Waals surface area contributed by atoms with Gasteiger partial charge in [-0.15, -0.1) is 12.4 Å². The Kier molecular flexibility index (Phi) is 7.51. The Bertz CT molecular complexity index is 1110. The zero-order valence-corrected chi connectivity index (χ0v) is 19.7. The molecular formula is C27H31ClFN3O. The first-order valence-electron chi connectivity index (χ1n) is 11.8. The number of amides is 1. The minimum atomic E-state index is -0.128. The SMILES string of the molecule is Cl.O=C1c2cccc3cccc(c23)N1CCCCCCN1CCN(c2ccccc2F)CC1. The van der Waals surface area contributed by atoms with Gasteiger partial charge in [-0.1, -0.05) is 49.2 Å². The molecule has 1 saturated heterocycles. The van der Waals surface area contributed by atoms with Gasteiger partial charge in [-0.05, 0) is 49.0 Å². The zero-order chi connectivity index (χ0) is 21.9. The van der Waals surface area contributed by atoms with Crippen LogP contribution in [-0.2, 0) is 0 Å². The van der Waals surface area contributed by atoms with Crippen LogP contribution in [0.3, 0.4) is 0 Å². The lowest BCUT2D eigenvalue weighted by Gasteiger charge is -2.36. The molecule has 33 heavy (non-hydrogen) atoms. The molecule has 1 amide bonds. The number of para-hydroxylation sites is 1. The molecule has 0 bridgehead atoms. The molecule has 5 rings (SSSR count). The predicted molar refractivity (Wildman–Crippen MR) is 136 cm³/mol. The van der Waals surface area contributed by atoms with Crippen molar-refractivity contribution in [3.63, 3.8) is 0 Å². The number of carbonyl (C=O) groups excluding carboxylic acids is 1. The van der Waals surface area contributed by atoms with Crippen molar-refractivity contribution >= 4 is 40.5 Å². The fourth-order valence-corrected chi connectivity index (χ4v) is 5.08. The molecule has 6 heteroatoms. The quantitative estimate of drug-likeness (QED) is 0.395. The van der Waals surface area contributed by atoms with Crippen molar-refractivity contribution in [3.8, 4) is 0 Å². The first kappa shape index (κ1) is 23.5. The lowest BCUT2D eigenvalue weighted by molar-refractivity contribution is 0.0992. The highest BCUT2D eigenvalue weighted by atomic mass is 35.5. The van der Waals surface area contributed by atoms with E-state index in [4.69, 9.17) is 0 Å². The Morgan fingerprint density at radius 3 is 2.15 bits per heavy atom. The van der Waals surface area contributed by atoms with E-state index in [1.807, 2.05) is 35.2 Å². The first-order valence-corrected chi connectivity index (χ1v) is 11.8. The van der Waals surface area contributed by atoms with Crippen LogP contribution in [0.5, 0.6) is 0 Å². The van der Waals surface area contributed by atoms with Gasteiger partial charge >= 0.3 is 0 Å². The summed E-state index contributed by atoms with van der Waals surface area (Å²) in [5, 5.41) is 2.25. The Labute approximate surface area is 201 Å². The summed E-state index contributed by atoms with van der Waals surface area (Å²) in [6, 6.07) is 19.2. The Morgan fingerprint density at radius 1 is 0.727 bits per heavy atom. The molecule has 0 N–H and O–H groups in total. The first-order chi connectivity index (χ1) is 15.7. The topological polar surface area (TPSA) is 26.8 Å². The molecule has 3 aromatic carbocycles. The Hall–Kier alpha value is -2.63. The molecule has 0 spiro atoms. The zero-order valence-electron chi connectivity index (χ0n) is 18.9. The van der Waals surface area contributed by atoms with Crippen molar-refractivity contribution in [2.24, 2.45) is 0 Å². The standard InChI is InChI=1S/C27H30FN3O.ClH/c28-23-12-3-4-13-24(23)30-19-17-29(18-20-30)15-5-1-2-6-16-31-25-14-8-10-21-9-7-11-22(26(21)25)27(31)32;/h3-4,7-14H,1-2,5-6,15-20H2;1H. The third-order valence-electron chi connectivity index (χ3n) is 6.82. The third-order valence-corrected chi connectivity index (χ3v) is 6.82. The molecule has 0 unspecified atom stereocenters. The van der Waals surface area contributed by atoms with Gasteiger partial charge in [-0.2, -0.15) is 0 Å². The van der Waals surface area contributed by atoms with Gasteiger partial charge in [0.25, 0.3) is 5.91 Å². The van der Waals surface area contributed by atoms with Crippen molar-refractivity contribution in [2.45, 2.75) is 25.7 Å². The fourth-order valence-electron chi connectivity index (χ4n) is 5.08. The van der Waals surface area contributed by atoms with Crippen LogP contribution < -0.4 is 9.80 Å². The summed E-state index contributed by atoms with van der Waals surface area (Å²) in [6.45, 7) is 5.61. The Morgan fingerprint density at radius 2 is 1.39 bits per heavy atom. The number of halogens is 2.